The van der Waals surface area contributed by atoms with Crippen LogP contribution in [0.5, 0.6) is 0 Å². The first kappa shape index (κ1) is 26.8. The fourth-order valence-electron chi connectivity index (χ4n) is 7.37. The van der Waals surface area contributed by atoms with E-state index in [-0.39, 0.29) is 34.5 Å². The molecule has 8 nitrogen and oxygen atoms in total. The Balaban J connectivity index is 1.46. The van der Waals surface area contributed by atoms with Crippen LogP contribution in [-0.4, -0.2) is 31.5 Å². The highest BCUT2D eigenvalue weighted by atomic mass is 16.1. The van der Waals surface area contributed by atoms with Gasteiger partial charge in [-0.25, -0.2) is 4.68 Å². The number of H-pyrrole nitrogens is 1. The van der Waals surface area contributed by atoms with Crippen LogP contribution in [0.15, 0.2) is 29.5 Å². The molecule has 2 aromatic heterocycles. The van der Waals surface area contributed by atoms with Crippen molar-refractivity contribution in [2.45, 2.75) is 85.5 Å². The molecular weight excluding hydrogens is 488 g/mol. The van der Waals surface area contributed by atoms with Crippen LogP contribution in [0.2, 0.25) is 0 Å². The first-order chi connectivity index (χ1) is 18.4. The van der Waals surface area contributed by atoms with E-state index in [1.165, 1.54) is 0 Å². The van der Waals surface area contributed by atoms with E-state index >= 15 is 0 Å². The van der Waals surface area contributed by atoms with E-state index in [1.807, 2.05) is 38.5 Å². The second-order valence-corrected chi connectivity index (χ2v) is 12.6. The number of aromatic amines is 1. The van der Waals surface area contributed by atoms with Gasteiger partial charge in [0.05, 0.1) is 22.5 Å². The summed E-state index contributed by atoms with van der Waals surface area (Å²) in [5, 5.41) is 31.9. The predicted molar refractivity (Wildman–Crippen MR) is 146 cm³/mol. The molecule has 0 aromatic carbocycles. The van der Waals surface area contributed by atoms with Gasteiger partial charge < -0.3 is 0 Å². The lowest BCUT2D eigenvalue weighted by Crippen LogP contribution is -2.51. The Kier molecular flexibility index (Phi) is 6.30. The molecule has 0 amide bonds. The zero-order valence-corrected chi connectivity index (χ0v) is 23.7. The maximum Gasteiger partial charge on any atom is 0.178 e. The molecule has 3 atom stereocenters. The molecule has 0 spiro atoms. The minimum atomic E-state index is -0.642. The number of ketones is 2. The Morgan fingerprint density at radius 2 is 1.77 bits per heavy atom. The third-order valence-corrected chi connectivity index (χ3v) is 9.81. The molecule has 3 aliphatic rings. The number of carbonyl (C=O) groups is 2. The highest BCUT2D eigenvalue weighted by Crippen LogP contribution is 2.54. The van der Waals surface area contributed by atoms with Gasteiger partial charge in [0.2, 0.25) is 0 Å². The Bertz CT molecular complexity index is 1520. The maximum absolute atomic E-state index is 13.0. The number of aromatic nitrogens is 4. The van der Waals surface area contributed by atoms with Crippen LogP contribution < -0.4 is 0 Å². The van der Waals surface area contributed by atoms with Crippen molar-refractivity contribution in [3.8, 4) is 18.0 Å². The number of nitrogens with zero attached hydrogens (tertiary/aromatic N) is 5. The summed E-state index contributed by atoms with van der Waals surface area (Å²) in [5.74, 6) is 0.894. The van der Waals surface area contributed by atoms with Crippen LogP contribution in [-0.2, 0) is 34.3 Å². The van der Waals surface area contributed by atoms with Crippen LogP contribution in [0, 0.1) is 45.3 Å². The van der Waals surface area contributed by atoms with E-state index in [0.29, 0.717) is 0 Å². The summed E-state index contributed by atoms with van der Waals surface area (Å²) in [6.45, 7) is 12.0. The number of rotatable bonds is 5. The van der Waals surface area contributed by atoms with Crippen molar-refractivity contribution < 1.29 is 9.59 Å². The van der Waals surface area contributed by atoms with Crippen LogP contribution in [0.25, 0.3) is 5.82 Å². The molecule has 5 rings (SSSR count). The second kappa shape index (κ2) is 9.16. The SMILES string of the molecule is CCc1nn(-c2[nH]nc3c2CC[C@H]2C(C)(C)C(=O)C(C#N)=C[C@]32C)cc1CC[C@@H]1CC=C(C#N)C(=O)C1(C)C. The van der Waals surface area contributed by atoms with Crippen LogP contribution >= 0.6 is 0 Å². The van der Waals surface area contributed by atoms with E-state index in [4.69, 9.17) is 10.2 Å². The molecule has 1 N–H and O–H groups in total. The average Bonchev–Trinajstić information content (AvgIpc) is 3.52. The van der Waals surface area contributed by atoms with Crippen LogP contribution in [0.3, 0.4) is 0 Å². The van der Waals surface area contributed by atoms with Crippen molar-refractivity contribution in [2.24, 2.45) is 22.7 Å². The van der Waals surface area contributed by atoms with E-state index < -0.39 is 16.2 Å². The largest absolute Gasteiger partial charge is 0.293 e. The van der Waals surface area contributed by atoms with Crippen molar-refractivity contribution in [3.63, 3.8) is 0 Å². The average molecular weight is 525 g/mol. The van der Waals surface area contributed by atoms with Gasteiger partial charge in [-0.1, -0.05) is 53.7 Å². The number of aryl methyl sites for hydroxylation is 2. The standard InChI is InChI=1S/C31H36N6O2/c1-7-23-19(9-11-21-10-8-18(15-32)26(38)29(21,2)3)17-37(36-23)28-22-12-13-24-30(4,5)27(39)20(16-33)14-31(24,6)25(22)34-35-28/h8,14,17,21,24H,7,9-13H2,1-6H3,(H,34,35)/t21-,24-,31-/m0/s1. The minimum absolute atomic E-state index is 0.0507. The Labute approximate surface area is 229 Å². The number of fused-ring (bicyclic) bond motifs is 3. The van der Waals surface area contributed by atoms with Crippen molar-refractivity contribution in [1.82, 2.24) is 20.0 Å². The lowest BCUT2D eigenvalue weighted by Gasteiger charge is -2.49. The highest BCUT2D eigenvalue weighted by molar-refractivity contribution is 6.04. The van der Waals surface area contributed by atoms with Crippen molar-refractivity contribution >= 4 is 11.6 Å². The van der Waals surface area contributed by atoms with Crippen molar-refractivity contribution in [2.75, 3.05) is 0 Å². The summed E-state index contributed by atoms with van der Waals surface area (Å²) in [6, 6.07) is 4.18. The molecule has 0 saturated carbocycles. The Morgan fingerprint density at radius 3 is 2.44 bits per heavy atom. The monoisotopic (exact) mass is 524 g/mol. The fourth-order valence-corrected chi connectivity index (χ4v) is 7.37. The van der Waals surface area contributed by atoms with Crippen LogP contribution in [0.4, 0.5) is 0 Å². The second-order valence-electron chi connectivity index (χ2n) is 12.6. The van der Waals surface area contributed by atoms with Gasteiger partial charge in [-0.05, 0) is 55.9 Å². The normalized spacial score (nSPS) is 27.1. The third-order valence-electron chi connectivity index (χ3n) is 9.81. The first-order valence-corrected chi connectivity index (χ1v) is 13.9. The molecular formula is C31H36N6O2. The molecule has 0 radical (unpaired) electrons. The summed E-state index contributed by atoms with van der Waals surface area (Å²) < 4.78 is 1.89. The number of nitriles is 2. The van der Waals surface area contributed by atoms with E-state index in [1.54, 1.807) is 6.08 Å². The number of allylic oxidation sites excluding steroid dienone is 4. The van der Waals surface area contributed by atoms with Gasteiger partial charge >= 0.3 is 0 Å². The molecule has 2 aromatic rings. The zero-order chi connectivity index (χ0) is 28.3. The molecule has 39 heavy (non-hydrogen) atoms. The van der Waals surface area contributed by atoms with E-state index in [2.05, 4.69) is 37.3 Å². The summed E-state index contributed by atoms with van der Waals surface area (Å²) in [5.41, 5.74) is 2.89. The smallest absolute Gasteiger partial charge is 0.178 e. The molecule has 8 heteroatoms. The number of nitrogens with one attached hydrogen (secondary N) is 1. The van der Waals surface area contributed by atoms with E-state index in [0.717, 1.165) is 66.9 Å². The lowest BCUT2D eigenvalue weighted by molar-refractivity contribution is -0.128. The quantitative estimate of drug-likeness (QED) is 0.584. The van der Waals surface area contributed by atoms with Crippen molar-refractivity contribution in [1.29, 1.82) is 10.5 Å². The summed E-state index contributed by atoms with van der Waals surface area (Å²) in [6.07, 6.45) is 10.4. The van der Waals surface area contributed by atoms with Gasteiger partial charge in [0.1, 0.15) is 12.1 Å². The molecule has 0 aliphatic heterocycles. The van der Waals surface area contributed by atoms with Crippen molar-refractivity contribution in [3.05, 3.63) is 52.0 Å². The Morgan fingerprint density at radius 1 is 1.08 bits per heavy atom. The van der Waals surface area contributed by atoms with Gasteiger partial charge in [-0.15, -0.1) is 0 Å². The lowest BCUT2D eigenvalue weighted by atomic mass is 9.52. The highest BCUT2D eigenvalue weighted by Gasteiger charge is 2.55. The summed E-state index contributed by atoms with van der Waals surface area (Å²) in [7, 11) is 0. The van der Waals surface area contributed by atoms with Gasteiger partial charge in [0.25, 0.3) is 0 Å². The molecule has 0 saturated heterocycles. The van der Waals surface area contributed by atoms with Crippen LogP contribution in [0.1, 0.15) is 83.3 Å². The molecule has 3 aliphatic carbocycles. The van der Waals surface area contributed by atoms with Gasteiger partial charge in [-0.2, -0.15) is 20.7 Å². The van der Waals surface area contributed by atoms with Gasteiger partial charge in [-0.3, -0.25) is 14.7 Å². The van der Waals surface area contributed by atoms with Gasteiger partial charge in [0, 0.05) is 28.0 Å². The van der Waals surface area contributed by atoms with Gasteiger partial charge in [0.15, 0.2) is 17.4 Å². The Hall–Kier alpha value is -3.78. The molecule has 0 bridgehead atoms. The first-order valence-electron chi connectivity index (χ1n) is 13.9. The summed E-state index contributed by atoms with van der Waals surface area (Å²) in [4.78, 5) is 25.8. The zero-order valence-electron chi connectivity index (χ0n) is 23.7. The third kappa shape index (κ3) is 3.92. The maximum atomic E-state index is 13.0. The predicted octanol–water partition coefficient (Wildman–Crippen LogP) is 5.03. The number of hydrogen-bond acceptors (Lipinski definition) is 6. The number of carbonyl (C=O) groups excluding carboxylic acids is 2. The molecule has 0 fully saturated rings. The van der Waals surface area contributed by atoms with E-state index in [9.17, 15) is 20.1 Å². The molecule has 202 valence electrons. The fraction of sp³-hybridized carbons (Fsp3) is 0.548. The molecule has 0 unspecified atom stereocenters. The number of hydrogen-bond donors (Lipinski definition) is 1. The number of Topliss-reactive ketones (excluding diaryl/α,β-unsaturated/α-hetero) is 2. The summed E-state index contributed by atoms with van der Waals surface area (Å²) >= 11 is 0. The minimum Gasteiger partial charge on any atom is -0.293 e. The molecule has 2 heterocycles. The topological polar surface area (TPSA) is 128 Å².